The van der Waals surface area contributed by atoms with Gasteiger partial charge in [0.25, 0.3) is 5.91 Å². The Morgan fingerprint density at radius 1 is 1.32 bits per heavy atom. The number of rotatable bonds is 6. The topological polar surface area (TPSA) is 58.1 Å². The molecule has 0 aromatic carbocycles. The largest absolute Gasteiger partial charge is 0.370 e. The zero-order valence-electron chi connectivity index (χ0n) is 12.5. The van der Waals surface area contributed by atoms with Gasteiger partial charge in [-0.1, -0.05) is 13.8 Å². The molecule has 1 N–H and O–H groups in total. The molecule has 0 aliphatic heterocycles. The zero-order valence-corrected chi connectivity index (χ0v) is 12.5. The summed E-state index contributed by atoms with van der Waals surface area (Å²) in [5.74, 6) is 1.82. The van der Waals surface area contributed by atoms with Crippen molar-refractivity contribution in [1.29, 1.82) is 0 Å². The van der Waals surface area contributed by atoms with Gasteiger partial charge in [0, 0.05) is 25.7 Å². The van der Waals surface area contributed by atoms with Crippen LogP contribution in [-0.2, 0) is 0 Å². The van der Waals surface area contributed by atoms with Crippen molar-refractivity contribution in [2.75, 3.05) is 25.0 Å². The molecule has 0 radical (unpaired) electrons. The van der Waals surface area contributed by atoms with E-state index in [4.69, 9.17) is 0 Å². The highest BCUT2D eigenvalue weighted by Crippen LogP contribution is 2.10. The summed E-state index contributed by atoms with van der Waals surface area (Å²) in [6.45, 7) is 12.2. The van der Waals surface area contributed by atoms with Crippen molar-refractivity contribution in [3.8, 4) is 0 Å². The standard InChI is InChI=1S/C14H24N4O/c1-6-18(7-2)14(19)12-8-13(15-9-10(3)4)17-11(5)16-12/h8,10H,6-7,9H2,1-5H3,(H,15,16,17). The van der Waals surface area contributed by atoms with E-state index in [0.717, 1.165) is 12.4 Å². The first-order valence-electron chi connectivity index (χ1n) is 6.86. The van der Waals surface area contributed by atoms with Gasteiger partial charge in [-0.15, -0.1) is 0 Å². The third-order valence-electron chi connectivity index (χ3n) is 2.80. The van der Waals surface area contributed by atoms with Crippen LogP contribution in [0.25, 0.3) is 0 Å². The lowest BCUT2D eigenvalue weighted by Gasteiger charge is -2.18. The Balaban J connectivity index is 2.92. The van der Waals surface area contributed by atoms with Crippen molar-refractivity contribution < 1.29 is 4.79 Å². The van der Waals surface area contributed by atoms with Crippen molar-refractivity contribution in [2.24, 2.45) is 5.92 Å². The molecule has 5 nitrogen and oxygen atoms in total. The van der Waals surface area contributed by atoms with Crippen LogP contribution >= 0.6 is 0 Å². The molecule has 0 unspecified atom stereocenters. The number of carbonyl (C=O) groups is 1. The van der Waals surface area contributed by atoms with Gasteiger partial charge in [-0.05, 0) is 26.7 Å². The average Bonchev–Trinajstić information content (AvgIpc) is 2.37. The highest BCUT2D eigenvalue weighted by Gasteiger charge is 2.15. The van der Waals surface area contributed by atoms with E-state index in [1.54, 1.807) is 17.9 Å². The maximum Gasteiger partial charge on any atom is 0.272 e. The van der Waals surface area contributed by atoms with Crippen molar-refractivity contribution in [2.45, 2.75) is 34.6 Å². The number of hydrogen-bond donors (Lipinski definition) is 1. The molecule has 1 aromatic rings. The third-order valence-corrected chi connectivity index (χ3v) is 2.80. The molecule has 106 valence electrons. The zero-order chi connectivity index (χ0) is 14.4. The average molecular weight is 264 g/mol. The van der Waals surface area contributed by atoms with Crippen molar-refractivity contribution in [1.82, 2.24) is 14.9 Å². The first-order chi connectivity index (χ1) is 8.97. The van der Waals surface area contributed by atoms with Crippen molar-refractivity contribution in [3.05, 3.63) is 17.6 Å². The Bertz CT molecular complexity index is 427. The summed E-state index contributed by atoms with van der Waals surface area (Å²) in [5.41, 5.74) is 0.461. The Hall–Kier alpha value is -1.65. The first kappa shape index (κ1) is 15.4. The third kappa shape index (κ3) is 4.50. The maximum atomic E-state index is 12.3. The number of anilines is 1. The van der Waals surface area contributed by atoms with E-state index < -0.39 is 0 Å². The summed E-state index contributed by atoms with van der Waals surface area (Å²) < 4.78 is 0. The van der Waals surface area contributed by atoms with Crippen molar-refractivity contribution in [3.63, 3.8) is 0 Å². The molecular formula is C14H24N4O. The molecule has 0 spiro atoms. The van der Waals surface area contributed by atoms with Gasteiger partial charge in [-0.25, -0.2) is 9.97 Å². The molecule has 0 saturated heterocycles. The number of hydrogen-bond acceptors (Lipinski definition) is 4. The lowest BCUT2D eigenvalue weighted by Crippen LogP contribution is -2.31. The lowest BCUT2D eigenvalue weighted by molar-refractivity contribution is 0.0766. The van der Waals surface area contributed by atoms with Crippen LogP contribution in [0.5, 0.6) is 0 Å². The van der Waals surface area contributed by atoms with E-state index in [1.807, 2.05) is 13.8 Å². The van der Waals surface area contributed by atoms with Gasteiger partial charge in [-0.2, -0.15) is 0 Å². The van der Waals surface area contributed by atoms with Gasteiger partial charge in [0.05, 0.1) is 0 Å². The second-order valence-corrected chi connectivity index (χ2v) is 4.94. The quantitative estimate of drug-likeness (QED) is 0.856. The van der Waals surface area contributed by atoms with Gasteiger partial charge < -0.3 is 10.2 Å². The number of nitrogens with zero attached hydrogens (tertiary/aromatic N) is 3. The molecule has 0 saturated carbocycles. The normalized spacial score (nSPS) is 10.6. The van der Waals surface area contributed by atoms with Gasteiger partial charge in [0.1, 0.15) is 17.3 Å². The van der Waals surface area contributed by atoms with E-state index >= 15 is 0 Å². The minimum absolute atomic E-state index is 0.0388. The van der Waals surface area contributed by atoms with Crippen LogP contribution in [0.1, 0.15) is 44.0 Å². The minimum Gasteiger partial charge on any atom is -0.370 e. The van der Waals surface area contributed by atoms with E-state index in [9.17, 15) is 4.79 Å². The van der Waals surface area contributed by atoms with E-state index in [1.165, 1.54) is 0 Å². The molecule has 0 atom stereocenters. The monoisotopic (exact) mass is 264 g/mol. The Morgan fingerprint density at radius 3 is 2.47 bits per heavy atom. The maximum absolute atomic E-state index is 12.3. The molecular weight excluding hydrogens is 240 g/mol. The van der Waals surface area contributed by atoms with Crippen LogP contribution in [0.2, 0.25) is 0 Å². The van der Waals surface area contributed by atoms with E-state index in [-0.39, 0.29) is 5.91 Å². The number of carbonyl (C=O) groups excluding carboxylic acids is 1. The second kappa shape index (κ2) is 7.07. The van der Waals surface area contributed by atoms with Crippen LogP contribution in [0.4, 0.5) is 5.82 Å². The van der Waals surface area contributed by atoms with E-state index in [0.29, 0.717) is 30.5 Å². The summed E-state index contributed by atoms with van der Waals surface area (Å²) in [6, 6.07) is 1.73. The number of aryl methyl sites for hydroxylation is 1. The predicted octanol–water partition coefficient (Wildman–Crippen LogP) is 2.33. The fourth-order valence-electron chi connectivity index (χ4n) is 1.75. The van der Waals surface area contributed by atoms with Gasteiger partial charge in [0.15, 0.2) is 0 Å². The molecule has 1 rings (SSSR count). The molecule has 1 heterocycles. The van der Waals surface area contributed by atoms with Gasteiger partial charge in [0.2, 0.25) is 0 Å². The molecule has 1 aromatic heterocycles. The predicted molar refractivity (Wildman–Crippen MR) is 77.3 cm³/mol. The van der Waals surface area contributed by atoms with Crippen LogP contribution in [0.3, 0.4) is 0 Å². The van der Waals surface area contributed by atoms with Crippen LogP contribution < -0.4 is 5.32 Å². The fraction of sp³-hybridized carbons (Fsp3) is 0.643. The molecule has 0 bridgehead atoms. The molecule has 0 aliphatic rings. The fourth-order valence-corrected chi connectivity index (χ4v) is 1.75. The first-order valence-corrected chi connectivity index (χ1v) is 6.86. The van der Waals surface area contributed by atoms with Crippen LogP contribution in [0, 0.1) is 12.8 Å². The molecule has 0 aliphatic carbocycles. The lowest BCUT2D eigenvalue weighted by atomic mass is 10.2. The van der Waals surface area contributed by atoms with Crippen LogP contribution in [-0.4, -0.2) is 40.4 Å². The summed E-state index contributed by atoms with van der Waals surface area (Å²) in [4.78, 5) is 22.6. The van der Waals surface area contributed by atoms with Gasteiger partial charge in [-0.3, -0.25) is 4.79 Å². The molecule has 5 heteroatoms. The van der Waals surface area contributed by atoms with Crippen LogP contribution in [0.15, 0.2) is 6.07 Å². The number of aromatic nitrogens is 2. The minimum atomic E-state index is -0.0388. The highest BCUT2D eigenvalue weighted by molar-refractivity contribution is 5.92. The summed E-state index contributed by atoms with van der Waals surface area (Å²) >= 11 is 0. The highest BCUT2D eigenvalue weighted by atomic mass is 16.2. The Kier molecular flexibility index (Phi) is 5.73. The number of amides is 1. The van der Waals surface area contributed by atoms with E-state index in [2.05, 4.69) is 29.1 Å². The number of nitrogens with one attached hydrogen (secondary N) is 1. The van der Waals surface area contributed by atoms with Crippen molar-refractivity contribution >= 4 is 11.7 Å². The Labute approximate surface area is 115 Å². The molecule has 1 amide bonds. The SMILES string of the molecule is CCN(CC)C(=O)c1cc(NCC(C)C)nc(C)n1. The summed E-state index contributed by atoms with van der Waals surface area (Å²) in [6.07, 6.45) is 0. The Morgan fingerprint density at radius 2 is 1.95 bits per heavy atom. The molecule has 19 heavy (non-hydrogen) atoms. The van der Waals surface area contributed by atoms with Gasteiger partial charge >= 0.3 is 0 Å². The molecule has 0 fully saturated rings. The summed E-state index contributed by atoms with van der Waals surface area (Å²) in [5, 5.41) is 3.23. The smallest absolute Gasteiger partial charge is 0.272 e. The summed E-state index contributed by atoms with van der Waals surface area (Å²) in [7, 11) is 0. The second-order valence-electron chi connectivity index (χ2n) is 4.94.